The van der Waals surface area contributed by atoms with Crippen molar-refractivity contribution >= 4 is 29.7 Å². The lowest BCUT2D eigenvalue weighted by Crippen LogP contribution is -2.54. The molecule has 1 aromatic carbocycles. The Bertz CT molecular complexity index is 908. The number of nitrogens with zero attached hydrogens (tertiary/aromatic N) is 2. The zero-order chi connectivity index (χ0) is 20.5. The highest BCUT2D eigenvalue weighted by Crippen LogP contribution is 2.29. The summed E-state index contributed by atoms with van der Waals surface area (Å²) in [6.07, 6.45) is 0.169. The molecule has 3 aliphatic heterocycles. The number of hydrogen-bond acceptors (Lipinski definition) is 6. The van der Waals surface area contributed by atoms with Crippen LogP contribution in [-0.2, 0) is 16.1 Å². The predicted octanol–water partition coefficient (Wildman–Crippen LogP) is -0.797. The van der Waals surface area contributed by atoms with Gasteiger partial charge in [-0.25, -0.2) is 4.79 Å². The Morgan fingerprint density at radius 1 is 1.10 bits per heavy atom. The molecule has 0 radical (unpaired) electrons. The number of imide groups is 2. The van der Waals surface area contributed by atoms with Gasteiger partial charge >= 0.3 is 6.03 Å². The van der Waals surface area contributed by atoms with Crippen LogP contribution in [0.25, 0.3) is 0 Å². The van der Waals surface area contributed by atoms with Crippen molar-refractivity contribution in [3.8, 4) is 0 Å². The molecule has 4 rings (SSSR count). The van der Waals surface area contributed by atoms with E-state index in [1.54, 1.807) is 17.0 Å². The third-order valence-electron chi connectivity index (χ3n) is 5.39. The molecule has 29 heavy (non-hydrogen) atoms. The van der Waals surface area contributed by atoms with Gasteiger partial charge in [-0.15, -0.1) is 0 Å². The summed E-state index contributed by atoms with van der Waals surface area (Å²) in [6.45, 7) is 2.73. The van der Waals surface area contributed by atoms with Crippen molar-refractivity contribution in [2.75, 3.05) is 26.2 Å². The van der Waals surface area contributed by atoms with E-state index in [4.69, 9.17) is 0 Å². The van der Waals surface area contributed by atoms with Crippen LogP contribution in [0.4, 0.5) is 4.79 Å². The normalized spacial score (nSPS) is 21.9. The van der Waals surface area contributed by atoms with Crippen LogP contribution in [-0.4, -0.2) is 71.7 Å². The summed E-state index contributed by atoms with van der Waals surface area (Å²) in [4.78, 5) is 64.3. The predicted molar refractivity (Wildman–Crippen MR) is 99.8 cm³/mol. The number of carbonyl (C=O) groups is 5. The fourth-order valence-corrected chi connectivity index (χ4v) is 3.88. The summed E-state index contributed by atoms with van der Waals surface area (Å²) < 4.78 is 0. The number of hydrogen-bond donors (Lipinski definition) is 3. The largest absolute Gasteiger partial charge is 0.334 e. The minimum atomic E-state index is -1.01. The minimum Gasteiger partial charge on any atom is -0.334 e. The van der Waals surface area contributed by atoms with Crippen LogP contribution in [0.1, 0.15) is 39.1 Å². The minimum absolute atomic E-state index is 0.0669. The summed E-state index contributed by atoms with van der Waals surface area (Å²) in [5, 5.41) is 8.14. The summed E-state index contributed by atoms with van der Waals surface area (Å²) in [5.74, 6) is -2.20. The van der Waals surface area contributed by atoms with Gasteiger partial charge in [0.05, 0.1) is 11.1 Å². The van der Waals surface area contributed by atoms with Gasteiger partial charge in [0, 0.05) is 39.1 Å². The van der Waals surface area contributed by atoms with E-state index in [2.05, 4.69) is 16.0 Å². The molecule has 0 aliphatic carbocycles. The first-order chi connectivity index (χ1) is 14.0. The van der Waals surface area contributed by atoms with Gasteiger partial charge in [0.1, 0.15) is 6.04 Å². The first-order valence-electron chi connectivity index (χ1n) is 9.54. The molecule has 0 aromatic heterocycles. The van der Waals surface area contributed by atoms with Gasteiger partial charge in [0.25, 0.3) is 11.8 Å². The second kappa shape index (κ2) is 7.63. The van der Waals surface area contributed by atoms with Crippen LogP contribution in [0.5, 0.6) is 0 Å². The first-order valence-corrected chi connectivity index (χ1v) is 9.54. The maximum atomic E-state index is 13.0. The highest BCUT2D eigenvalue weighted by molar-refractivity contribution is 6.24. The number of piperidine rings is 1. The zero-order valence-corrected chi connectivity index (χ0v) is 15.7. The van der Waals surface area contributed by atoms with Crippen molar-refractivity contribution in [1.82, 2.24) is 25.8 Å². The number of rotatable bonds is 3. The van der Waals surface area contributed by atoms with E-state index in [1.165, 1.54) is 6.07 Å². The molecular formula is C19H21N5O5. The van der Waals surface area contributed by atoms with Crippen molar-refractivity contribution in [2.24, 2.45) is 0 Å². The number of amides is 6. The van der Waals surface area contributed by atoms with E-state index < -0.39 is 29.7 Å². The van der Waals surface area contributed by atoms with Gasteiger partial charge in [-0.3, -0.25) is 29.4 Å². The van der Waals surface area contributed by atoms with Gasteiger partial charge in [-0.2, -0.15) is 0 Å². The molecule has 3 N–H and O–H groups in total. The Morgan fingerprint density at radius 3 is 2.59 bits per heavy atom. The summed E-state index contributed by atoms with van der Waals surface area (Å²) >= 11 is 0. The van der Waals surface area contributed by atoms with E-state index >= 15 is 0 Å². The van der Waals surface area contributed by atoms with Crippen LogP contribution in [0.15, 0.2) is 18.2 Å². The Morgan fingerprint density at radius 2 is 1.86 bits per heavy atom. The van der Waals surface area contributed by atoms with Gasteiger partial charge in [0.2, 0.25) is 11.8 Å². The van der Waals surface area contributed by atoms with Crippen molar-refractivity contribution in [3.63, 3.8) is 0 Å². The Hall–Kier alpha value is -3.27. The lowest BCUT2D eigenvalue weighted by atomic mass is 10.0. The monoisotopic (exact) mass is 399 g/mol. The van der Waals surface area contributed by atoms with E-state index in [9.17, 15) is 24.0 Å². The molecule has 2 fully saturated rings. The second-order valence-electron chi connectivity index (χ2n) is 7.18. The zero-order valence-electron chi connectivity index (χ0n) is 15.7. The molecule has 152 valence electrons. The van der Waals surface area contributed by atoms with Crippen molar-refractivity contribution in [1.29, 1.82) is 0 Å². The van der Waals surface area contributed by atoms with Gasteiger partial charge < -0.3 is 15.5 Å². The molecule has 2 saturated heterocycles. The molecule has 1 atom stereocenters. The van der Waals surface area contributed by atoms with Crippen molar-refractivity contribution in [3.05, 3.63) is 34.9 Å². The van der Waals surface area contributed by atoms with E-state index in [-0.39, 0.29) is 36.5 Å². The second-order valence-corrected chi connectivity index (χ2v) is 7.18. The molecule has 1 aromatic rings. The molecule has 3 aliphatic rings. The van der Waals surface area contributed by atoms with Crippen LogP contribution < -0.4 is 16.0 Å². The molecule has 3 heterocycles. The summed E-state index contributed by atoms with van der Waals surface area (Å²) in [6, 6.07) is 3.61. The van der Waals surface area contributed by atoms with Crippen LogP contribution >= 0.6 is 0 Å². The smallest absolute Gasteiger partial charge is 0.317 e. The summed E-state index contributed by atoms with van der Waals surface area (Å²) in [7, 11) is 0. The summed E-state index contributed by atoms with van der Waals surface area (Å²) in [5.41, 5.74) is 0.913. The highest BCUT2D eigenvalue weighted by Gasteiger charge is 2.45. The number of benzene rings is 1. The molecule has 6 amide bonds. The van der Waals surface area contributed by atoms with Crippen LogP contribution in [0, 0.1) is 0 Å². The van der Waals surface area contributed by atoms with Crippen molar-refractivity contribution in [2.45, 2.75) is 25.4 Å². The molecule has 10 nitrogen and oxygen atoms in total. The highest BCUT2D eigenvalue weighted by atomic mass is 16.2. The fourth-order valence-electron chi connectivity index (χ4n) is 3.88. The quantitative estimate of drug-likeness (QED) is 0.571. The van der Waals surface area contributed by atoms with Crippen LogP contribution in [0.3, 0.4) is 0 Å². The average molecular weight is 399 g/mol. The lowest BCUT2D eigenvalue weighted by molar-refractivity contribution is -0.136. The molecule has 0 saturated carbocycles. The molecule has 0 bridgehead atoms. The molecule has 1 unspecified atom stereocenters. The Balaban J connectivity index is 1.52. The van der Waals surface area contributed by atoms with E-state index in [0.717, 1.165) is 18.0 Å². The third-order valence-corrected chi connectivity index (χ3v) is 5.39. The Labute approximate surface area is 166 Å². The van der Waals surface area contributed by atoms with E-state index in [1.807, 2.05) is 0 Å². The maximum absolute atomic E-state index is 13.0. The first kappa shape index (κ1) is 19.1. The number of nitrogens with one attached hydrogen (secondary N) is 3. The Kier molecular flexibility index (Phi) is 5.01. The lowest BCUT2D eigenvalue weighted by Gasteiger charge is -2.28. The van der Waals surface area contributed by atoms with Crippen molar-refractivity contribution < 1.29 is 24.0 Å². The van der Waals surface area contributed by atoms with E-state index in [0.29, 0.717) is 18.7 Å². The maximum Gasteiger partial charge on any atom is 0.317 e. The number of fused-ring (bicyclic) bond motifs is 1. The topological polar surface area (TPSA) is 128 Å². The SMILES string of the molecule is O=C1CCC(N2C(=O)c3cccc(CNC(=O)N4CCNCC4)c3C2=O)C(=O)N1. The number of urea groups is 1. The molecular weight excluding hydrogens is 378 g/mol. The van der Waals surface area contributed by atoms with Gasteiger partial charge in [0.15, 0.2) is 0 Å². The molecule has 10 heteroatoms. The average Bonchev–Trinajstić information content (AvgIpc) is 2.98. The number of carbonyl (C=O) groups excluding carboxylic acids is 5. The van der Waals surface area contributed by atoms with Gasteiger partial charge in [-0.05, 0) is 18.1 Å². The third kappa shape index (κ3) is 3.46. The van der Waals surface area contributed by atoms with Crippen LogP contribution in [0.2, 0.25) is 0 Å². The number of piperazine rings is 1. The fraction of sp³-hybridized carbons (Fsp3) is 0.421. The molecule has 0 spiro atoms. The standard InChI is InChI=1S/C19H21N5O5/c25-14-5-4-13(16(26)22-14)24-17(27)12-3-1-2-11(15(12)18(24)28)10-21-19(29)23-8-6-20-7-9-23/h1-3,13,20H,4-10H2,(H,21,29)(H,22,25,26). The van der Waals surface area contributed by atoms with Gasteiger partial charge in [-0.1, -0.05) is 12.1 Å².